The summed E-state index contributed by atoms with van der Waals surface area (Å²) in [6.07, 6.45) is 4.00. The zero-order valence-electron chi connectivity index (χ0n) is 16.4. The van der Waals surface area contributed by atoms with Gasteiger partial charge in [-0.05, 0) is 75.4 Å². The van der Waals surface area contributed by atoms with Gasteiger partial charge in [0.05, 0.1) is 23.6 Å². The normalized spacial score (nSPS) is 24.0. The molecule has 1 aliphatic heterocycles. The van der Waals surface area contributed by atoms with Crippen LogP contribution in [0.3, 0.4) is 0 Å². The molecule has 7 nitrogen and oxygen atoms in total. The maximum atomic E-state index is 14.9. The molecule has 4 aromatic rings. The number of benzene rings is 1. The number of hydrogen-bond acceptors (Lipinski definition) is 5. The number of hydrogen-bond donors (Lipinski definition) is 1. The molecule has 6 rings (SSSR count). The first-order valence-electron chi connectivity index (χ1n) is 10.2. The summed E-state index contributed by atoms with van der Waals surface area (Å²) in [7, 11) is 0. The van der Waals surface area contributed by atoms with Crippen molar-refractivity contribution in [3.05, 3.63) is 41.5 Å². The quantitative estimate of drug-likeness (QED) is 0.569. The zero-order chi connectivity index (χ0) is 19.7. The molecule has 0 amide bonds. The van der Waals surface area contributed by atoms with Gasteiger partial charge in [-0.1, -0.05) is 0 Å². The van der Waals surface area contributed by atoms with E-state index in [1.54, 1.807) is 9.31 Å². The second-order valence-electron chi connectivity index (χ2n) is 8.51. The van der Waals surface area contributed by atoms with Crippen molar-refractivity contribution >= 4 is 16.7 Å². The highest BCUT2D eigenvalue weighted by Crippen LogP contribution is 2.41. The molecule has 1 saturated heterocycles. The minimum Gasteiger partial charge on any atom is -0.316 e. The first-order valence-corrected chi connectivity index (χ1v) is 10.2. The molecule has 2 fully saturated rings. The van der Waals surface area contributed by atoms with Crippen molar-refractivity contribution in [3.8, 4) is 11.3 Å². The second-order valence-corrected chi connectivity index (χ2v) is 8.51. The number of aromatic nitrogens is 6. The van der Waals surface area contributed by atoms with E-state index >= 15 is 0 Å². The predicted octanol–water partition coefficient (Wildman–Crippen LogP) is 3.07. The van der Waals surface area contributed by atoms with E-state index in [9.17, 15) is 4.39 Å². The minimum absolute atomic E-state index is 0.257. The van der Waals surface area contributed by atoms with Gasteiger partial charge in [-0.3, -0.25) is 0 Å². The molecule has 4 heterocycles. The third-order valence-corrected chi connectivity index (χ3v) is 6.44. The maximum absolute atomic E-state index is 14.9. The van der Waals surface area contributed by atoms with Gasteiger partial charge >= 0.3 is 0 Å². The van der Waals surface area contributed by atoms with E-state index in [0.29, 0.717) is 34.1 Å². The van der Waals surface area contributed by atoms with E-state index in [1.165, 1.54) is 6.07 Å². The van der Waals surface area contributed by atoms with Crippen LogP contribution in [0.15, 0.2) is 24.4 Å². The highest BCUT2D eigenvalue weighted by atomic mass is 19.1. The first-order chi connectivity index (χ1) is 14.0. The van der Waals surface area contributed by atoms with E-state index in [1.807, 2.05) is 32.2 Å². The Bertz CT molecular complexity index is 1250. The Morgan fingerprint density at radius 3 is 2.62 bits per heavy atom. The monoisotopic (exact) mass is 391 g/mol. The molecular weight excluding hydrogens is 369 g/mol. The van der Waals surface area contributed by atoms with Crippen molar-refractivity contribution in [1.29, 1.82) is 0 Å². The lowest BCUT2D eigenvalue weighted by Gasteiger charge is -2.09. The fourth-order valence-corrected chi connectivity index (χ4v) is 5.01. The molecule has 2 unspecified atom stereocenters. The first kappa shape index (κ1) is 17.0. The van der Waals surface area contributed by atoms with Gasteiger partial charge in [-0.25, -0.2) is 13.9 Å². The highest BCUT2D eigenvalue weighted by molar-refractivity contribution is 5.81. The van der Waals surface area contributed by atoms with Crippen LogP contribution in [0.1, 0.15) is 30.1 Å². The van der Waals surface area contributed by atoms with Crippen molar-refractivity contribution in [2.75, 3.05) is 13.1 Å². The van der Waals surface area contributed by atoms with Crippen molar-refractivity contribution < 1.29 is 4.39 Å². The fourth-order valence-electron chi connectivity index (χ4n) is 5.01. The van der Waals surface area contributed by atoms with Crippen LogP contribution < -0.4 is 5.32 Å². The van der Waals surface area contributed by atoms with Crippen LogP contribution in [0.5, 0.6) is 0 Å². The van der Waals surface area contributed by atoms with Gasteiger partial charge < -0.3 is 5.32 Å². The molecule has 29 heavy (non-hydrogen) atoms. The molecule has 148 valence electrons. The van der Waals surface area contributed by atoms with E-state index < -0.39 is 0 Å². The van der Waals surface area contributed by atoms with Crippen LogP contribution in [0.4, 0.5) is 4.39 Å². The molecule has 2 aliphatic rings. The molecule has 2 atom stereocenters. The van der Waals surface area contributed by atoms with Crippen molar-refractivity contribution in [2.24, 2.45) is 11.8 Å². The Morgan fingerprint density at radius 2 is 1.83 bits per heavy atom. The lowest BCUT2D eigenvalue weighted by Crippen LogP contribution is -2.15. The molecule has 8 heteroatoms. The van der Waals surface area contributed by atoms with Crippen LogP contribution in [0, 0.1) is 31.5 Å². The maximum Gasteiger partial charge on any atom is 0.156 e. The standard InChI is InChI=1S/C21H22FN7/c1-11-3-18(25-28-10-12(2)24-21(11)28)13-6-17(22)20-19(7-13)26-29(27-20)16-4-14-8-23-9-15(14)5-16/h3,6-7,10,14-16,23H,4-5,8-9H2,1-2H3. The number of halogens is 1. The summed E-state index contributed by atoms with van der Waals surface area (Å²) in [5, 5.41) is 17.2. The lowest BCUT2D eigenvalue weighted by molar-refractivity contribution is 0.391. The number of rotatable bonds is 2. The summed E-state index contributed by atoms with van der Waals surface area (Å²) in [4.78, 5) is 6.23. The third-order valence-electron chi connectivity index (χ3n) is 6.44. The van der Waals surface area contributed by atoms with Crippen molar-refractivity contribution in [3.63, 3.8) is 0 Å². The van der Waals surface area contributed by atoms with E-state index in [4.69, 9.17) is 0 Å². The number of nitrogens with one attached hydrogen (secondary N) is 1. The van der Waals surface area contributed by atoms with Crippen LogP contribution in [0.25, 0.3) is 27.9 Å². The van der Waals surface area contributed by atoms with E-state index in [-0.39, 0.29) is 11.9 Å². The molecule has 1 N–H and O–H groups in total. The van der Waals surface area contributed by atoms with Crippen LogP contribution in [-0.4, -0.2) is 42.7 Å². The van der Waals surface area contributed by atoms with Crippen LogP contribution in [0.2, 0.25) is 0 Å². The van der Waals surface area contributed by atoms with E-state index in [2.05, 4.69) is 25.6 Å². The van der Waals surface area contributed by atoms with Gasteiger partial charge in [0.25, 0.3) is 0 Å². The molecule has 1 aliphatic carbocycles. The van der Waals surface area contributed by atoms with Crippen LogP contribution in [-0.2, 0) is 0 Å². The average molecular weight is 391 g/mol. The Kier molecular flexibility index (Phi) is 3.56. The largest absolute Gasteiger partial charge is 0.316 e. The Labute approximate surface area is 166 Å². The van der Waals surface area contributed by atoms with Gasteiger partial charge in [-0.15, -0.1) is 5.10 Å². The summed E-state index contributed by atoms with van der Waals surface area (Å²) < 4.78 is 16.7. The molecule has 0 spiro atoms. The van der Waals surface area contributed by atoms with E-state index in [0.717, 1.165) is 42.8 Å². The number of imidazole rings is 1. The fraction of sp³-hybridized carbons (Fsp3) is 0.429. The Morgan fingerprint density at radius 1 is 1.03 bits per heavy atom. The van der Waals surface area contributed by atoms with Gasteiger partial charge in [0, 0.05) is 5.56 Å². The molecule has 1 saturated carbocycles. The Balaban J connectivity index is 1.41. The summed E-state index contributed by atoms with van der Waals surface area (Å²) in [6.45, 7) is 6.07. The summed E-state index contributed by atoms with van der Waals surface area (Å²) >= 11 is 0. The molecule has 3 aromatic heterocycles. The van der Waals surface area contributed by atoms with Crippen LogP contribution >= 0.6 is 0 Å². The topological polar surface area (TPSA) is 72.9 Å². The predicted molar refractivity (Wildman–Crippen MR) is 107 cm³/mol. The smallest absolute Gasteiger partial charge is 0.156 e. The SMILES string of the molecule is Cc1cn2nc(-c3cc(F)c4nn(C5CC6CNCC6C5)nc4c3)cc(C)c2n1. The zero-order valence-corrected chi connectivity index (χ0v) is 16.4. The second kappa shape index (κ2) is 6.06. The van der Waals surface area contributed by atoms with Gasteiger partial charge in [0.2, 0.25) is 0 Å². The summed E-state index contributed by atoms with van der Waals surface area (Å²) in [5.41, 5.74) is 5.03. The summed E-state index contributed by atoms with van der Waals surface area (Å²) in [5.74, 6) is 1.02. The van der Waals surface area contributed by atoms with Crippen molar-refractivity contribution in [1.82, 2.24) is 34.9 Å². The van der Waals surface area contributed by atoms with Gasteiger partial charge in [0.1, 0.15) is 11.0 Å². The lowest BCUT2D eigenvalue weighted by atomic mass is 10.0. The number of aryl methyl sites for hydroxylation is 2. The highest BCUT2D eigenvalue weighted by Gasteiger charge is 2.39. The molecule has 0 radical (unpaired) electrons. The third kappa shape index (κ3) is 2.66. The summed E-state index contributed by atoms with van der Waals surface area (Å²) in [6, 6.07) is 5.59. The molecule has 0 bridgehead atoms. The molecule has 1 aromatic carbocycles. The van der Waals surface area contributed by atoms with Gasteiger partial charge in [-0.2, -0.15) is 15.0 Å². The number of nitrogens with zero attached hydrogens (tertiary/aromatic N) is 6. The minimum atomic E-state index is -0.357. The van der Waals surface area contributed by atoms with Gasteiger partial charge in [0.15, 0.2) is 11.5 Å². The van der Waals surface area contributed by atoms with Crippen molar-refractivity contribution in [2.45, 2.75) is 32.7 Å². The number of fused-ring (bicyclic) bond motifs is 3. The molecular formula is C21H22FN7. The Hall–Kier alpha value is -2.87. The average Bonchev–Trinajstić information content (AvgIpc) is 3.42.